The highest BCUT2D eigenvalue weighted by atomic mass is 16.5. The lowest BCUT2D eigenvalue weighted by Gasteiger charge is -2.42. The van der Waals surface area contributed by atoms with Gasteiger partial charge < -0.3 is 15.2 Å². The van der Waals surface area contributed by atoms with Crippen LogP contribution >= 0.6 is 0 Å². The van der Waals surface area contributed by atoms with E-state index in [0.29, 0.717) is 18.9 Å². The second-order valence-electron chi connectivity index (χ2n) is 7.21. The Hall–Kier alpha value is -1.55. The summed E-state index contributed by atoms with van der Waals surface area (Å²) >= 11 is 0. The Balaban J connectivity index is 1.85. The van der Waals surface area contributed by atoms with E-state index in [4.69, 9.17) is 9.84 Å². The lowest BCUT2D eigenvalue weighted by Crippen LogP contribution is -2.51. The van der Waals surface area contributed by atoms with Crippen LogP contribution in [0.5, 0.6) is 5.75 Å². The molecule has 0 unspecified atom stereocenters. The standard InChI is InChI=1S/C17H25NO3/c1-16(2,3)21-14-7-5-6-12(8-14)11-18-13-9-17(4,10-13)15(19)20/h5-8,13,18H,9-11H2,1-4H3,(H,19,20). The molecule has 2 rings (SSSR count). The van der Waals surface area contributed by atoms with Gasteiger partial charge in [0.1, 0.15) is 11.4 Å². The van der Waals surface area contributed by atoms with Crippen molar-refractivity contribution in [2.24, 2.45) is 5.41 Å². The van der Waals surface area contributed by atoms with Gasteiger partial charge in [-0.1, -0.05) is 12.1 Å². The highest BCUT2D eigenvalue weighted by Gasteiger charge is 2.46. The SMILES string of the molecule is CC(C)(C)Oc1cccc(CNC2CC(C)(C(=O)O)C2)c1. The molecule has 0 bridgehead atoms. The molecule has 1 aromatic carbocycles. The fraction of sp³-hybridized carbons (Fsp3) is 0.588. The quantitative estimate of drug-likeness (QED) is 0.874. The van der Waals surface area contributed by atoms with Crippen molar-refractivity contribution in [2.75, 3.05) is 0 Å². The topological polar surface area (TPSA) is 58.6 Å². The van der Waals surface area contributed by atoms with E-state index in [2.05, 4.69) is 11.4 Å². The zero-order valence-electron chi connectivity index (χ0n) is 13.3. The first-order chi connectivity index (χ1) is 9.68. The Kier molecular flexibility index (Phi) is 4.28. The smallest absolute Gasteiger partial charge is 0.309 e. The number of hydrogen-bond acceptors (Lipinski definition) is 3. The second-order valence-corrected chi connectivity index (χ2v) is 7.21. The maximum atomic E-state index is 11.1. The Morgan fingerprint density at radius 3 is 2.67 bits per heavy atom. The number of nitrogens with one attached hydrogen (secondary N) is 1. The fourth-order valence-electron chi connectivity index (χ4n) is 2.68. The number of aliphatic carboxylic acids is 1. The molecule has 21 heavy (non-hydrogen) atoms. The molecule has 0 atom stereocenters. The number of rotatable bonds is 5. The van der Waals surface area contributed by atoms with Gasteiger partial charge in [0.25, 0.3) is 0 Å². The maximum absolute atomic E-state index is 11.1. The maximum Gasteiger partial charge on any atom is 0.309 e. The van der Waals surface area contributed by atoms with Gasteiger partial charge in [0.05, 0.1) is 5.41 Å². The monoisotopic (exact) mass is 291 g/mol. The first-order valence-corrected chi connectivity index (χ1v) is 7.43. The first kappa shape index (κ1) is 15.8. The summed E-state index contributed by atoms with van der Waals surface area (Å²) in [6.45, 7) is 8.63. The summed E-state index contributed by atoms with van der Waals surface area (Å²) in [4.78, 5) is 11.1. The molecule has 1 aliphatic carbocycles. The average Bonchev–Trinajstić information content (AvgIpc) is 2.31. The zero-order chi connectivity index (χ0) is 15.7. The molecule has 4 nitrogen and oxygen atoms in total. The predicted octanol–water partition coefficient (Wildman–Crippen LogP) is 3.21. The molecule has 1 aromatic rings. The third-order valence-electron chi connectivity index (χ3n) is 3.83. The molecular weight excluding hydrogens is 266 g/mol. The normalized spacial score (nSPS) is 25.2. The molecule has 4 heteroatoms. The summed E-state index contributed by atoms with van der Waals surface area (Å²) in [5.41, 5.74) is 0.402. The fourth-order valence-corrected chi connectivity index (χ4v) is 2.68. The number of carboxylic acids is 1. The molecule has 0 heterocycles. The molecule has 0 aromatic heterocycles. The lowest BCUT2D eigenvalue weighted by atomic mass is 9.67. The van der Waals surface area contributed by atoms with Gasteiger partial charge in [-0.3, -0.25) is 4.79 Å². The van der Waals surface area contributed by atoms with Crippen molar-refractivity contribution < 1.29 is 14.6 Å². The van der Waals surface area contributed by atoms with E-state index in [0.717, 1.165) is 17.9 Å². The van der Waals surface area contributed by atoms with Crippen molar-refractivity contribution >= 4 is 5.97 Å². The van der Waals surface area contributed by atoms with Crippen LogP contribution in [-0.4, -0.2) is 22.7 Å². The third kappa shape index (κ3) is 4.21. The second kappa shape index (κ2) is 5.68. The Morgan fingerprint density at radius 2 is 2.10 bits per heavy atom. The summed E-state index contributed by atoms with van der Waals surface area (Å²) in [5, 5.41) is 12.5. The van der Waals surface area contributed by atoms with Crippen LogP contribution in [0.1, 0.15) is 46.1 Å². The van der Waals surface area contributed by atoms with E-state index < -0.39 is 11.4 Å². The van der Waals surface area contributed by atoms with E-state index in [1.54, 1.807) is 0 Å². The lowest BCUT2D eigenvalue weighted by molar-refractivity contribution is -0.154. The van der Waals surface area contributed by atoms with Crippen molar-refractivity contribution in [3.8, 4) is 5.75 Å². The first-order valence-electron chi connectivity index (χ1n) is 7.43. The van der Waals surface area contributed by atoms with Crippen molar-refractivity contribution in [2.45, 2.75) is 58.7 Å². The summed E-state index contributed by atoms with van der Waals surface area (Å²) in [6, 6.07) is 8.32. The molecule has 0 amide bonds. The molecule has 0 spiro atoms. The number of benzene rings is 1. The van der Waals surface area contributed by atoms with Crippen LogP contribution < -0.4 is 10.1 Å². The van der Waals surface area contributed by atoms with Crippen LogP contribution in [0.3, 0.4) is 0 Å². The number of carboxylic acid groups (broad SMARTS) is 1. The van der Waals surface area contributed by atoms with Crippen LogP contribution in [-0.2, 0) is 11.3 Å². The third-order valence-corrected chi connectivity index (χ3v) is 3.83. The van der Waals surface area contributed by atoms with E-state index in [9.17, 15) is 4.79 Å². The minimum Gasteiger partial charge on any atom is -0.488 e. The number of ether oxygens (including phenoxy) is 1. The van der Waals surface area contributed by atoms with Gasteiger partial charge in [0.15, 0.2) is 0 Å². The largest absolute Gasteiger partial charge is 0.488 e. The number of carbonyl (C=O) groups is 1. The zero-order valence-corrected chi connectivity index (χ0v) is 13.3. The summed E-state index contributed by atoms with van der Waals surface area (Å²) in [6.07, 6.45) is 1.39. The van der Waals surface area contributed by atoms with Crippen molar-refractivity contribution in [1.29, 1.82) is 0 Å². The van der Waals surface area contributed by atoms with E-state index in [1.165, 1.54) is 0 Å². The molecule has 1 fully saturated rings. The van der Waals surface area contributed by atoms with Gasteiger partial charge >= 0.3 is 5.97 Å². The highest BCUT2D eigenvalue weighted by Crippen LogP contribution is 2.40. The Morgan fingerprint density at radius 1 is 1.43 bits per heavy atom. The van der Waals surface area contributed by atoms with Gasteiger partial charge in [-0.2, -0.15) is 0 Å². The van der Waals surface area contributed by atoms with Gasteiger partial charge in [-0.15, -0.1) is 0 Å². The molecule has 1 aliphatic rings. The van der Waals surface area contributed by atoms with Crippen molar-refractivity contribution in [1.82, 2.24) is 5.32 Å². The Bertz CT molecular complexity index is 513. The molecule has 0 radical (unpaired) electrons. The minimum atomic E-state index is -0.693. The van der Waals surface area contributed by atoms with E-state index in [1.807, 2.05) is 45.9 Å². The van der Waals surface area contributed by atoms with Gasteiger partial charge in [-0.05, 0) is 58.2 Å². The number of hydrogen-bond donors (Lipinski definition) is 2. The van der Waals surface area contributed by atoms with E-state index >= 15 is 0 Å². The Labute approximate surface area is 126 Å². The van der Waals surface area contributed by atoms with Crippen LogP contribution in [0.15, 0.2) is 24.3 Å². The molecular formula is C17H25NO3. The average molecular weight is 291 g/mol. The van der Waals surface area contributed by atoms with Gasteiger partial charge in [0, 0.05) is 12.6 Å². The van der Waals surface area contributed by atoms with Gasteiger partial charge in [0.2, 0.25) is 0 Å². The summed E-state index contributed by atoms with van der Waals surface area (Å²) < 4.78 is 5.85. The molecule has 1 saturated carbocycles. The summed E-state index contributed by atoms with van der Waals surface area (Å²) in [7, 11) is 0. The minimum absolute atomic E-state index is 0.205. The van der Waals surface area contributed by atoms with Crippen LogP contribution in [0.4, 0.5) is 0 Å². The van der Waals surface area contributed by atoms with Crippen molar-refractivity contribution in [3.63, 3.8) is 0 Å². The summed E-state index contributed by atoms with van der Waals surface area (Å²) in [5.74, 6) is 0.173. The van der Waals surface area contributed by atoms with Crippen LogP contribution in [0.2, 0.25) is 0 Å². The highest BCUT2D eigenvalue weighted by molar-refractivity contribution is 5.75. The van der Waals surface area contributed by atoms with Crippen molar-refractivity contribution in [3.05, 3.63) is 29.8 Å². The van der Waals surface area contributed by atoms with Crippen LogP contribution in [0.25, 0.3) is 0 Å². The van der Waals surface area contributed by atoms with E-state index in [-0.39, 0.29) is 5.60 Å². The molecule has 0 saturated heterocycles. The predicted molar refractivity (Wildman–Crippen MR) is 82.4 cm³/mol. The van der Waals surface area contributed by atoms with Crippen LogP contribution in [0, 0.1) is 5.41 Å². The molecule has 116 valence electrons. The molecule has 2 N–H and O–H groups in total. The van der Waals surface area contributed by atoms with Gasteiger partial charge in [-0.25, -0.2) is 0 Å². The molecule has 0 aliphatic heterocycles.